The van der Waals surface area contributed by atoms with Gasteiger partial charge in [-0.3, -0.25) is 9.59 Å². The minimum atomic E-state index is -0.385. The molecule has 2 fully saturated rings. The Hall–Kier alpha value is -10.3. The van der Waals surface area contributed by atoms with Crippen molar-refractivity contribution < 1.29 is 24.2 Å². The van der Waals surface area contributed by atoms with Crippen LogP contribution in [0, 0.1) is 13.8 Å². The van der Waals surface area contributed by atoms with Crippen LogP contribution in [0.15, 0.2) is 123 Å². The van der Waals surface area contributed by atoms with Crippen molar-refractivity contribution in [1.82, 2.24) is 79.7 Å². The number of hydrogen-bond donors (Lipinski definition) is 3. The van der Waals surface area contributed by atoms with E-state index in [1.54, 1.807) is 38.6 Å². The van der Waals surface area contributed by atoms with E-state index < -0.39 is 0 Å². The largest absolute Gasteiger partial charge is 0.457 e. The van der Waals surface area contributed by atoms with Gasteiger partial charge in [0.05, 0.1) is 42.1 Å². The maximum absolute atomic E-state index is 12.2. The van der Waals surface area contributed by atoms with Gasteiger partial charge in [0, 0.05) is 77.4 Å². The van der Waals surface area contributed by atoms with Crippen LogP contribution < -0.4 is 29.9 Å². The van der Waals surface area contributed by atoms with Crippen LogP contribution in [-0.4, -0.2) is 155 Å². The number of piperazine rings is 1. The van der Waals surface area contributed by atoms with Crippen LogP contribution in [0.4, 0.5) is 34.9 Å². The zero-order valence-electron chi connectivity index (χ0n) is 44.3. The third-order valence-corrected chi connectivity index (χ3v) is 13.9. The van der Waals surface area contributed by atoms with Gasteiger partial charge in [-0.25, -0.2) is 49.2 Å². The number of benzene rings is 4. The number of anilines is 6. The molecular weight excluding hydrogens is 1020 g/mol. The first kappa shape index (κ1) is 51.8. The summed E-state index contributed by atoms with van der Waals surface area (Å²) in [5, 5.41) is 33.0. The number of likely N-dealkylation sites (N-methyl/N-ethyl adjacent to an activating group) is 1. The molecule has 1 atom stereocenters. The van der Waals surface area contributed by atoms with Gasteiger partial charge in [0.15, 0.2) is 11.6 Å². The van der Waals surface area contributed by atoms with Crippen LogP contribution in [0.1, 0.15) is 11.1 Å². The maximum atomic E-state index is 12.2. The van der Waals surface area contributed by atoms with Crippen molar-refractivity contribution in [2.45, 2.75) is 25.9 Å². The van der Waals surface area contributed by atoms with Crippen molar-refractivity contribution in [1.29, 1.82) is 0 Å². The summed E-state index contributed by atoms with van der Waals surface area (Å²) in [4.78, 5) is 67.3. The summed E-state index contributed by atoms with van der Waals surface area (Å²) in [7, 11) is 5.48. The number of fused-ring (bicyclic) bond motifs is 4. The number of nitrogens with one attached hydrogen (secondary N) is 2. The van der Waals surface area contributed by atoms with Crippen molar-refractivity contribution in [2.24, 2.45) is 14.1 Å². The predicted molar refractivity (Wildman–Crippen MR) is 300 cm³/mol. The Kier molecular flexibility index (Phi) is 14.2. The molecule has 25 heteroatoms. The topological polar surface area (TPSA) is 274 Å². The van der Waals surface area contributed by atoms with Gasteiger partial charge in [0.2, 0.25) is 23.7 Å². The van der Waals surface area contributed by atoms with Gasteiger partial charge in [-0.1, -0.05) is 23.6 Å². The number of aliphatic hydroxyl groups excluding tert-OH is 1. The van der Waals surface area contributed by atoms with Crippen molar-refractivity contribution in [3.63, 3.8) is 0 Å². The monoisotopic (exact) mass is 1070 g/mol. The number of ether oxygens (including phenoxy) is 2. The molecule has 2 aliphatic heterocycles. The molecule has 2 amide bonds. The molecule has 2 aliphatic rings. The van der Waals surface area contributed by atoms with Crippen molar-refractivity contribution in [3.05, 3.63) is 134 Å². The van der Waals surface area contributed by atoms with Gasteiger partial charge >= 0.3 is 0 Å². The van der Waals surface area contributed by atoms with E-state index in [9.17, 15) is 14.7 Å². The van der Waals surface area contributed by atoms with Gasteiger partial charge in [-0.2, -0.15) is 0 Å². The Morgan fingerprint density at radius 2 is 1.19 bits per heavy atom. The van der Waals surface area contributed by atoms with Gasteiger partial charge in [0.25, 0.3) is 0 Å². The predicted octanol–water partition coefficient (Wildman–Crippen LogP) is 6.12. The fraction of sp³-hybridized carbons (Fsp3) is 0.236. The molecule has 0 saturated carbocycles. The zero-order chi connectivity index (χ0) is 55.6. The summed E-state index contributed by atoms with van der Waals surface area (Å²) in [6, 6.07) is 22.7. The van der Waals surface area contributed by atoms with Gasteiger partial charge < -0.3 is 44.8 Å². The minimum absolute atomic E-state index is 0.0886. The lowest BCUT2D eigenvalue weighted by molar-refractivity contribution is -0.129. The quantitative estimate of drug-likeness (QED) is 0.103. The van der Waals surface area contributed by atoms with Crippen LogP contribution in [0.25, 0.3) is 44.1 Å². The molecule has 0 spiro atoms. The number of amides is 2. The highest BCUT2D eigenvalue weighted by atomic mass is 16.5. The molecule has 0 bridgehead atoms. The Bertz CT molecular complexity index is 4010. The second-order valence-corrected chi connectivity index (χ2v) is 19.1. The smallest absolute Gasteiger partial charge is 0.246 e. The third kappa shape index (κ3) is 10.6. The Labute approximate surface area is 457 Å². The number of carbonyl (C=O) groups is 2. The molecule has 25 nitrogen and oxygen atoms in total. The van der Waals surface area contributed by atoms with E-state index in [0.717, 1.165) is 50.3 Å². The molecule has 80 heavy (non-hydrogen) atoms. The third-order valence-electron chi connectivity index (χ3n) is 13.9. The number of nitrogens with zero attached hydrogens (tertiary/aromatic N) is 18. The number of carbonyl (C=O) groups excluding carboxylic acids is 2. The van der Waals surface area contributed by atoms with Crippen LogP contribution in [0.5, 0.6) is 23.0 Å². The van der Waals surface area contributed by atoms with Crippen LogP contribution in [-0.2, 0) is 23.7 Å². The second kappa shape index (κ2) is 22.0. The molecule has 6 aromatic heterocycles. The molecule has 4 aromatic carbocycles. The summed E-state index contributed by atoms with van der Waals surface area (Å²) < 4.78 is 15.7. The number of aliphatic hydroxyl groups is 1. The number of aromatic nitrogens is 14. The van der Waals surface area contributed by atoms with Crippen LogP contribution >= 0.6 is 0 Å². The standard InChI is InChI=1S/C28H28N10O3.C27H26N10O2/c1-4-25(40)38-10-9-37(14-19(38)15-39)28-29-13-22-26(33-28)27(31-16-30-22)32-18-5-8-24(17(2)11-18)41-20-6-7-23-21(12-20)34-35-36(23)3;1-5-24(38)35(3)18-13-37(14-18)27-28-12-21-25(32-27)26(30-15-29-21)31-17-6-9-23(16(2)10-17)39-19-7-8-22-20(11-19)33-34-36(22)4/h4-8,11-13,16,19,39H,1,9-10,14-15H2,2-3H3,(H,30,31,32);5-12,15,18H,1,13-14H2,2-4H3,(H,29,30,31). The summed E-state index contributed by atoms with van der Waals surface area (Å²) >= 11 is 0. The Morgan fingerprint density at radius 3 is 1.68 bits per heavy atom. The van der Waals surface area contributed by atoms with E-state index in [4.69, 9.17) is 19.4 Å². The Balaban J connectivity index is 0.000000169. The molecular formula is C55H54N20O5. The van der Waals surface area contributed by atoms with Crippen LogP contribution in [0.3, 0.4) is 0 Å². The highest BCUT2D eigenvalue weighted by molar-refractivity contribution is 5.90. The molecule has 2 saturated heterocycles. The van der Waals surface area contributed by atoms with Crippen LogP contribution in [0.2, 0.25) is 0 Å². The van der Waals surface area contributed by atoms with Crippen molar-refractivity contribution >= 4 is 90.9 Å². The summed E-state index contributed by atoms with van der Waals surface area (Å²) in [6.07, 6.45) is 8.86. The first-order valence-electron chi connectivity index (χ1n) is 25.4. The molecule has 404 valence electrons. The number of aryl methyl sites for hydroxylation is 4. The number of rotatable bonds is 14. The lowest BCUT2D eigenvalue weighted by Gasteiger charge is -2.43. The van der Waals surface area contributed by atoms with E-state index in [1.165, 1.54) is 24.8 Å². The zero-order valence-corrected chi connectivity index (χ0v) is 44.3. The lowest BCUT2D eigenvalue weighted by Crippen LogP contribution is -2.60. The summed E-state index contributed by atoms with van der Waals surface area (Å²) in [6.45, 7) is 13.5. The first-order chi connectivity index (χ1) is 38.8. The van der Waals surface area contributed by atoms with E-state index in [2.05, 4.69) is 74.3 Å². The van der Waals surface area contributed by atoms with Crippen molar-refractivity contribution in [3.8, 4) is 23.0 Å². The lowest BCUT2D eigenvalue weighted by atomic mass is 10.1. The molecule has 3 N–H and O–H groups in total. The number of hydrogen-bond acceptors (Lipinski definition) is 21. The van der Waals surface area contributed by atoms with E-state index in [1.807, 2.05) is 111 Å². The Morgan fingerprint density at radius 1 is 0.662 bits per heavy atom. The van der Waals surface area contributed by atoms with Crippen molar-refractivity contribution in [2.75, 3.05) is 66.8 Å². The second-order valence-electron chi connectivity index (χ2n) is 19.1. The molecule has 0 aliphatic carbocycles. The summed E-state index contributed by atoms with van der Waals surface area (Å²) in [5.41, 5.74) is 9.27. The molecule has 12 rings (SSSR count). The van der Waals surface area contributed by atoms with E-state index >= 15 is 0 Å². The van der Waals surface area contributed by atoms with E-state index in [-0.39, 0.29) is 30.5 Å². The highest BCUT2D eigenvalue weighted by Crippen LogP contribution is 2.34. The normalized spacial score (nSPS) is 14.4. The average Bonchev–Trinajstić information content (AvgIpc) is 4.18. The first-order valence-corrected chi connectivity index (χ1v) is 25.4. The average molecular weight is 1080 g/mol. The minimum Gasteiger partial charge on any atom is -0.457 e. The molecule has 1 unspecified atom stereocenters. The maximum Gasteiger partial charge on any atom is 0.246 e. The fourth-order valence-electron chi connectivity index (χ4n) is 9.34. The van der Waals surface area contributed by atoms with E-state index in [0.29, 0.717) is 95.6 Å². The molecule has 8 heterocycles. The van der Waals surface area contributed by atoms with Gasteiger partial charge in [-0.05, 0) is 97.8 Å². The molecule has 10 aromatic rings. The SMILES string of the molecule is C=CC(=O)N(C)C1CN(c2ncc3ncnc(Nc4ccc(Oc5ccc6c(c5)nnn6C)c(C)c4)c3n2)C1.C=CC(=O)N1CCN(c2ncc3ncnc(Nc4ccc(Oc5ccc6c(c5)nnn6C)c(C)c4)c3n2)CC1CO. The summed E-state index contributed by atoms with van der Waals surface area (Å²) in [5.74, 6) is 4.63. The molecule has 0 radical (unpaired) electrons. The van der Waals surface area contributed by atoms with Gasteiger partial charge in [0.1, 0.15) is 68.8 Å². The van der Waals surface area contributed by atoms with Gasteiger partial charge in [-0.15, -0.1) is 10.2 Å². The fourth-order valence-corrected chi connectivity index (χ4v) is 9.34. The highest BCUT2D eigenvalue weighted by Gasteiger charge is 2.34.